The lowest BCUT2D eigenvalue weighted by Gasteiger charge is -2.20. The maximum atomic E-state index is 12.2. The second-order valence-electron chi connectivity index (χ2n) is 5.10. The number of aryl methyl sites for hydroxylation is 1. The molecule has 21 heavy (non-hydrogen) atoms. The van der Waals surface area contributed by atoms with Crippen molar-refractivity contribution in [1.29, 1.82) is 0 Å². The maximum Gasteiger partial charge on any atom is 0.330 e. The van der Waals surface area contributed by atoms with E-state index in [0.29, 0.717) is 17.6 Å². The van der Waals surface area contributed by atoms with E-state index in [-0.39, 0.29) is 13.2 Å². The van der Waals surface area contributed by atoms with E-state index in [4.69, 9.17) is 4.74 Å². The first kappa shape index (κ1) is 15.9. The van der Waals surface area contributed by atoms with Gasteiger partial charge in [-0.05, 0) is 0 Å². The predicted molar refractivity (Wildman–Crippen MR) is 72.5 cm³/mol. The van der Waals surface area contributed by atoms with Gasteiger partial charge in [-0.1, -0.05) is 0 Å². The van der Waals surface area contributed by atoms with Crippen LogP contribution in [-0.4, -0.2) is 48.0 Å². The number of sulfonamides is 1. The Morgan fingerprint density at radius 2 is 2.10 bits per heavy atom. The molecule has 1 atom stereocenters. The highest BCUT2D eigenvalue weighted by atomic mass is 32.2. The van der Waals surface area contributed by atoms with E-state index >= 15 is 0 Å². The van der Waals surface area contributed by atoms with Gasteiger partial charge in [0.15, 0.2) is 4.90 Å². The van der Waals surface area contributed by atoms with Crippen molar-refractivity contribution < 1.29 is 18.3 Å². The van der Waals surface area contributed by atoms with E-state index in [9.17, 15) is 23.1 Å². The molecular weight excluding hydrogens is 302 g/mol. The first-order chi connectivity index (χ1) is 9.66. The van der Waals surface area contributed by atoms with Crippen LogP contribution in [0.25, 0.3) is 0 Å². The Kier molecular flexibility index (Phi) is 4.06. The van der Waals surface area contributed by atoms with Crippen LogP contribution in [0.3, 0.4) is 0 Å². The molecule has 1 aromatic rings. The zero-order valence-electron chi connectivity index (χ0n) is 11.7. The molecule has 1 aliphatic heterocycles. The zero-order valence-corrected chi connectivity index (χ0v) is 12.5. The molecule has 118 valence electrons. The molecule has 2 rings (SSSR count). The third kappa shape index (κ3) is 3.07. The normalized spacial score (nSPS) is 22.6. The molecule has 1 fully saturated rings. The van der Waals surface area contributed by atoms with Gasteiger partial charge in [0.05, 0.1) is 6.61 Å². The van der Waals surface area contributed by atoms with Gasteiger partial charge < -0.3 is 14.4 Å². The van der Waals surface area contributed by atoms with E-state index in [0.717, 1.165) is 10.8 Å². The van der Waals surface area contributed by atoms with Gasteiger partial charge in [-0.2, -0.15) is 0 Å². The number of nitrogens with zero attached hydrogens (tertiary/aromatic N) is 2. The molecule has 0 bridgehead atoms. The summed E-state index contributed by atoms with van der Waals surface area (Å²) in [7, 11) is -1.59. The van der Waals surface area contributed by atoms with E-state index in [2.05, 4.69) is 4.72 Å². The van der Waals surface area contributed by atoms with Gasteiger partial charge in [-0.15, -0.1) is 0 Å². The molecule has 0 amide bonds. The number of aliphatic hydroxyl groups is 1. The van der Waals surface area contributed by atoms with Crippen molar-refractivity contribution in [3.63, 3.8) is 0 Å². The third-order valence-electron chi connectivity index (χ3n) is 3.38. The summed E-state index contributed by atoms with van der Waals surface area (Å²) < 4.78 is 33.3. The fraction of sp³-hybridized carbons (Fsp3) is 0.636. The SMILES string of the molecule is Cn1cc(S(=O)(=O)NCC2(O)CCOC2)c(=O)n(C)c1=O. The van der Waals surface area contributed by atoms with Crippen molar-refractivity contribution in [2.24, 2.45) is 14.1 Å². The number of rotatable bonds is 4. The minimum absolute atomic E-state index is 0.0286. The predicted octanol–water partition coefficient (Wildman–Crippen LogP) is -2.49. The number of aromatic nitrogens is 2. The Bertz CT molecular complexity index is 757. The lowest BCUT2D eigenvalue weighted by atomic mass is 10.1. The average molecular weight is 319 g/mol. The molecule has 1 aromatic heterocycles. The highest BCUT2D eigenvalue weighted by Crippen LogP contribution is 2.17. The van der Waals surface area contributed by atoms with E-state index in [1.54, 1.807) is 0 Å². The Hall–Kier alpha value is -1.49. The second kappa shape index (κ2) is 5.37. The van der Waals surface area contributed by atoms with Gasteiger partial charge in [-0.3, -0.25) is 9.36 Å². The van der Waals surface area contributed by atoms with E-state index < -0.39 is 31.8 Å². The first-order valence-electron chi connectivity index (χ1n) is 6.23. The molecular formula is C11H17N3O6S. The molecule has 0 radical (unpaired) electrons. The molecule has 2 N–H and O–H groups in total. The van der Waals surface area contributed by atoms with Crippen LogP contribution in [-0.2, 0) is 28.9 Å². The summed E-state index contributed by atoms with van der Waals surface area (Å²) in [5, 5.41) is 10.0. The second-order valence-corrected chi connectivity index (χ2v) is 6.84. The fourth-order valence-electron chi connectivity index (χ4n) is 2.00. The summed E-state index contributed by atoms with van der Waals surface area (Å²) >= 11 is 0. The zero-order chi connectivity index (χ0) is 15.8. The Morgan fingerprint density at radius 3 is 2.67 bits per heavy atom. The van der Waals surface area contributed by atoms with Crippen LogP contribution in [0.5, 0.6) is 0 Å². The minimum atomic E-state index is -4.14. The Labute approximate surface area is 120 Å². The lowest BCUT2D eigenvalue weighted by Crippen LogP contribution is -2.46. The largest absolute Gasteiger partial charge is 0.386 e. The van der Waals surface area contributed by atoms with E-state index in [1.807, 2.05) is 0 Å². The van der Waals surface area contributed by atoms with Crippen LogP contribution in [0.1, 0.15) is 6.42 Å². The molecule has 2 heterocycles. The number of hydrogen-bond acceptors (Lipinski definition) is 6. The lowest BCUT2D eigenvalue weighted by molar-refractivity contribution is 0.0314. The monoisotopic (exact) mass is 319 g/mol. The summed E-state index contributed by atoms with van der Waals surface area (Å²) in [6.45, 7) is 0.113. The number of nitrogens with one attached hydrogen (secondary N) is 1. The van der Waals surface area contributed by atoms with Crippen molar-refractivity contribution in [2.75, 3.05) is 19.8 Å². The molecule has 0 aromatic carbocycles. The van der Waals surface area contributed by atoms with Gasteiger partial charge in [0.25, 0.3) is 5.56 Å². The average Bonchev–Trinajstić information content (AvgIpc) is 2.86. The third-order valence-corrected chi connectivity index (χ3v) is 4.76. The van der Waals surface area contributed by atoms with Gasteiger partial charge in [0.1, 0.15) is 5.60 Å². The van der Waals surface area contributed by atoms with E-state index in [1.165, 1.54) is 14.1 Å². The van der Waals surface area contributed by atoms with Crippen LogP contribution >= 0.6 is 0 Å². The van der Waals surface area contributed by atoms with Crippen LogP contribution in [0.4, 0.5) is 0 Å². The molecule has 0 spiro atoms. The Morgan fingerprint density at radius 1 is 1.43 bits per heavy atom. The molecule has 0 aliphatic carbocycles. The van der Waals surface area contributed by atoms with Crippen molar-refractivity contribution in [1.82, 2.24) is 13.9 Å². The number of hydrogen-bond donors (Lipinski definition) is 2. The van der Waals surface area contributed by atoms with Crippen molar-refractivity contribution in [3.05, 3.63) is 27.0 Å². The van der Waals surface area contributed by atoms with Crippen LogP contribution in [0, 0.1) is 0 Å². The summed E-state index contributed by atoms with van der Waals surface area (Å²) in [5.41, 5.74) is -2.82. The summed E-state index contributed by atoms with van der Waals surface area (Å²) in [6.07, 6.45) is 1.27. The van der Waals surface area contributed by atoms with Gasteiger partial charge in [0, 0.05) is 39.9 Å². The molecule has 10 heteroatoms. The smallest absolute Gasteiger partial charge is 0.330 e. The molecule has 1 unspecified atom stereocenters. The summed E-state index contributed by atoms with van der Waals surface area (Å²) in [6, 6.07) is 0. The minimum Gasteiger partial charge on any atom is -0.386 e. The van der Waals surface area contributed by atoms with Gasteiger partial charge in [0.2, 0.25) is 10.0 Å². The molecule has 0 saturated carbocycles. The summed E-state index contributed by atoms with van der Waals surface area (Å²) in [5.74, 6) is 0. The van der Waals surface area contributed by atoms with Crippen LogP contribution < -0.4 is 16.0 Å². The molecule has 9 nitrogen and oxygen atoms in total. The summed E-state index contributed by atoms with van der Waals surface area (Å²) in [4.78, 5) is 22.9. The highest BCUT2D eigenvalue weighted by Gasteiger charge is 2.34. The Balaban J connectivity index is 2.32. The van der Waals surface area contributed by atoms with Crippen LogP contribution in [0.15, 0.2) is 20.7 Å². The number of ether oxygens (including phenoxy) is 1. The fourth-order valence-corrected chi connectivity index (χ4v) is 3.28. The van der Waals surface area contributed by atoms with Gasteiger partial charge >= 0.3 is 5.69 Å². The topological polar surface area (TPSA) is 120 Å². The van der Waals surface area contributed by atoms with Crippen molar-refractivity contribution in [2.45, 2.75) is 16.9 Å². The molecule has 1 aliphatic rings. The molecule has 1 saturated heterocycles. The maximum absolute atomic E-state index is 12.2. The standard InChI is InChI=1S/C11H17N3O6S/c1-13-5-8(9(15)14(2)10(13)16)21(18,19)12-6-11(17)3-4-20-7-11/h5,12,17H,3-4,6-7H2,1-2H3. The first-order valence-corrected chi connectivity index (χ1v) is 7.71. The van der Waals surface area contributed by atoms with Gasteiger partial charge in [-0.25, -0.2) is 17.9 Å². The highest BCUT2D eigenvalue weighted by molar-refractivity contribution is 7.89. The quantitative estimate of drug-likeness (QED) is 0.634. The van der Waals surface area contributed by atoms with Crippen molar-refractivity contribution >= 4 is 10.0 Å². The van der Waals surface area contributed by atoms with Crippen molar-refractivity contribution in [3.8, 4) is 0 Å². The van der Waals surface area contributed by atoms with Crippen LogP contribution in [0.2, 0.25) is 0 Å².